The van der Waals surface area contributed by atoms with Gasteiger partial charge in [-0.05, 0) is 32.4 Å². The van der Waals surface area contributed by atoms with Gasteiger partial charge in [-0.15, -0.1) is 0 Å². The van der Waals surface area contributed by atoms with Gasteiger partial charge in [-0.3, -0.25) is 19.3 Å². The summed E-state index contributed by atoms with van der Waals surface area (Å²) in [5, 5.41) is 9.76. The first-order valence-electron chi connectivity index (χ1n) is 7.19. The van der Waals surface area contributed by atoms with Crippen LogP contribution in [0, 0.1) is 12.8 Å². The van der Waals surface area contributed by atoms with E-state index in [1.54, 1.807) is 32.0 Å². The number of esters is 1. The fourth-order valence-corrected chi connectivity index (χ4v) is 2.54. The molecule has 2 amide bonds. The minimum atomic E-state index is -1.02. The summed E-state index contributed by atoms with van der Waals surface area (Å²) in [7, 11) is 0. The minimum Gasteiger partial charge on any atom is -0.466 e. The van der Waals surface area contributed by atoms with E-state index in [4.69, 9.17) is 4.74 Å². The molecule has 1 N–H and O–H groups in total. The van der Waals surface area contributed by atoms with Crippen LogP contribution in [0.3, 0.4) is 0 Å². The van der Waals surface area contributed by atoms with E-state index >= 15 is 0 Å². The van der Waals surface area contributed by atoms with Gasteiger partial charge in [0.15, 0.2) is 0 Å². The summed E-state index contributed by atoms with van der Waals surface area (Å²) in [5.74, 6) is -2.46. The lowest BCUT2D eigenvalue weighted by atomic mass is 10.0. The summed E-state index contributed by atoms with van der Waals surface area (Å²) in [6.07, 6.45) is -1.02. The van der Waals surface area contributed by atoms with Crippen LogP contribution >= 0.6 is 0 Å². The molecule has 1 aromatic carbocycles. The third kappa shape index (κ3) is 2.74. The van der Waals surface area contributed by atoms with E-state index in [0.29, 0.717) is 16.7 Å². The molecule has 0 aliphatic carbocycles. The highest BCUT2D eigenvalue weighted by atomic mass is 16.5. The first-order valence-corrected chi connectivity index (χ1v) is 7.19. The Balaban J connectivity index is 2.27. The lowest BCUT2D eigenvalue weighted by Gasteiger charge is -2.23. The first-order chi connectivity index (χ1) is 10.4. The van der Waals surface area contributed by atoms with Crippen LogP contribution in [0.25, 0.3) is 0 Å². The Morgan fingerprint density at radius 2 is 2.00 bits per heavy atom. The van der Waals surface area contributed by atoms with Crippen LogP contribution in [0.4, 0.5) is 0 Å². The largest absolute Gasteiger partial charge is 0.466 e. The van der Waals surface area contributed by atoms with Crippen molar-refractivity contribution in [1.82, 2.24) is 4.90 Å². The van der Waals surface area contributed by atoms with Crippen LogP contribution in [-0.4, -0.2) is 47.0 Å². The molecule has 2 atom stereocenters. The summed E-state index contributed by atoms with van der Waals surface area (Å²) < 4.78 is 4.90. The third-order valence-electron chi connectivity index (χ3n) is 3.76. The fraction of sp³-hybridized carbons (Fsp3) is 0.438. The molecular formula is C16H19NO5. The van der Waals surface area contributed by atoms with Gasteiger partial charge in [0.2, 0.25) is 0 Å². The maximum absolute atomic E-state index is 12.4. The Morgan fingerprint density at radius 1 is 1.32 bits per heavy atom. The summed E-state index contributed by atoms with van der Waals surface area (Å²) >= 11 is 0. The number of aryl methyl sites for hydroxylation is 1. The normalized spacial score (nSPS) is 16.5. The minimum absolute atomic E-state index is 0.170. The van der Waals surface area contributed by atoms with Gasteiger partial charge >= 0.3 is 5.97 Å². The topological polar surface area (TPSA) is 83.9 Å². The monoisotopic (exact) mass is 305 g/mol. The van der Waals surface area contributed by atoms with Gasteiger partial charge in [-0.1, -0.05) is 12.1 Å². The predicted molar refractivity (Wildman–Crippen MR) is 78.3 cm³/mol. The van der Waals surface area contributed by atoms with E-state index in [2.05, 4.69) is 0 Å². The number of benzene rings is 1. The number of ether oxygens (including phenoxy) is 1. The molecule has 2 rings (SSSR count). The van der Waals surface area contributed by atoms with Crippen molar-refractivity contribution >= 4 is 17.8 Å². The number of aliphatic hydroxyl groups excluding tert-OH is 1. The zero-order chi connectivity index (χ0) is 16.4. The second kappa shape index (κ2) is 6.27. The molecule has 0 fully saturated rings. The molecule has 0 aromatic heterocycles. The molecule has 0 bridgehead atoms. The summed E-state index contributed by atoms with van der Waals surface area (Å²) in [5.41, 5.74) is 1.40. The van der Waals surface area contributed by atoms with Crippen LogP contribution in [-0.2, 0) is 9.53 Å². The van der Waals surface area contributed by atoms with Crippen molar-refractivity contribution in [2.24, 2.45) is 5.92 Å². The predicted octanol–water partition coefficient (Wildman–Crippen LogP) is 1.15. The number of nitrogens with zero attached hydrogens (tertiary/aromatic N) is 1. The van der Waals surface area contributed by atoms with Gasteiger partial charge in [0.25, 0.3) is 11.8 Å². The number of fused-ring (bicyclic) bond motifs is 1. The highest BCUT2D eigenvalue weighted by Gasteiger charge is 2.40. The van der Waals surface area contributed by atoms with Crippen molar-refractivity contribution < 1.29 is 24.2 Å². The van der Waals surface area contributed by atoms with E-state index in [9.17, 15) is 19.5 Å². The molecule has 1 aromatic rings. The van der Waals surface area contributed by atoms with Crippen LogP contribution in [0.2, 0.25) is 0 Å². The molecule has 0 saturated heterocycles. The number of aliphatic hydroxyl groups is 1. The summed E-state index contributed by atoms with van der Waals surface area (Å²) in [6, 6.07) is 5.05. The standard InChI is InChI=1S/C16H19NO5/c1-4-22-16(21)12(10(3)18)8-17-14(19)11-7-5-6-9(2)13(11)15(17)20/h5-7,10,12,18H,4,8H2,1-3H3. The molecule has 6 heteroatoms. The zero-order valence-electron chi connectivity index (χ0n) is 12.8. The molecule has 0 radical (unpaired) electrons. The van der Waals surface area contributed by atoms with Gasteiger partial charge in [-0.2, -0.15) is 0 Å². The molecule has 0 spiro atoms. The van der Waals surface area contributed by atoms with Crippen LogP contribution in [0.5, 0.6) is 0 Å². The number of carbonyl (C=O) groups excluding carboxylic acids is 3. The highest BCUT2D eigenvalue weighted by Crippen LogP contribution is 2.27. The Bertz CT molecular complexity index is 623. The number of rotatable bonds is 5. The molecule has 22 heavy (non-hydrogen) atoms. The molecule has 118 valence electrons. The smallest absolute Gasteiger partial charge is 0.313 e. The van der Waals surface area contributed by atoms with Gasteiger partial charge in [0.1, 0.15) is 5.92 Å². The van der Waals surface area contributed by atoms with Crippen LogP contribution in [0.1, 0.15) is 40.1 Å². The van der Waals surface area contributed by atoms with Crippen molar-refractivity contribution in [2.75, 3.05) is 13.2 Å². The number of carbonyl (C=O) groups is 3. The quantitative estimate of drug-likeness (QED) is 0.651. The van der Waals surface area contributed by atoms with Crippen molar-refractivity contribution in [2.45, 2.75) is 26.9 Å². The average Bonchev–Trinajstić information content (AvgIpc) is 2.69. The maximum atomic E-state index is 12.4. The van der Waals surface area contributed by atoms with Crippen molar-refractivity contribution in [3.8, 4) is 0 Å². The second-order valence-electron chi connectivity index (χ2n) is 5.32. The van der Waals surface area contributed by atoms with Gasteiger partial charge in [0, 0.05) is 6.54 Å². The number of hydrogen-bond donors (Lipinski definition) is 1. The number of imide groups is 1. The van der Waals surface area contributed by atoms with Crippen molar-refractivity contribution in [1.29, 1.82) is 0 Å². The summed E-state index contributed by atoms with van der Waals surface area (Å²) in [4.78, 5) is 37.7. The Hall–Kier alpha value is -2.21. The molecule has 2 unspecified atom stereocenters. The van der Waals surface area contributed by atoms with Gasteiger partial charge in [0.05, 0.1) is 23.8 Å². The van der Waals surface area contributed by atoms with Crippen molar-refractivity contribution in [3.05, 3.63) is 34.9 Å². The van der Waals surface area contributed by atoms with E-state index in [0.717, 1.165) is 4.90 Å². The average molecular weight is 305 g/mol. The fourth-order valence-electron chi connectivity index (χ4n) is 2.54. The molecule has 1 heterocycles. The molecule has 6 nitrogen and oxygen atoms in total. The molecular weight excluding hydrogens is 286 g/mol. The second-order valence-corrected chi connectivity index (χ2v) is 5.32. The molecule has 1 aliphatic rings. The lowest BCUT2D eigenvalue weighted by molar-refractivity contribution is -0.151. The lowest BCUT2D eigenvalue weighted by Crippen LogP contribution is -2.42. The SMILES string of the molecule is CCOC(=O)C(CN1C(=O)c2cccc(C)c2C1=O)C(C)O. The highest BCUT2D eigenvalue weighted by molar-refractivity contribution is 6.22. The Kier molecular flexibility index (Phi) is 4.61. The van der Waals surface area contributed by atoms with Gasteiger partial charge in [-0.25, -0.2) is 0 Å². The van der Waals surface area contributed by atoms with Gasteiger partial charge < -0.3 is 9.84 Å². The Labute approximate surface area is 128 Å². The van der Waals surface area contributed by atoms with E-state index < -0.39 is 29.8 Å². The maximum Gasteiger partial charge on any atom is 0.313 e. The van der Waals surface area contributed by atoms with E-state index in [1.807, 2.05) is 0 Å². The third-order valence-corrected chi connectivity index (χ3v) is 3.76. The number of hydrogen-bond acceptors (Lipinski definition) is 5. The van der Waals surface area contributed by atoms with Crippen molar-refractivity contribution in [3.63, 3.8) is 0 Å². The molecule has 1 aliphatic heterocycles. The Morgan fingerprint density at radius 3 is 2.55 bits per heavy atom. The summed E-state index contributed by atoms with van der Waals surface area (Å²) in [6.45, 7) is 4.82. The van der Waals surface area contributed by atoms with E-state index in [1.165, 1.54) is 6.92 Å². The van der Waals surface area contributed by atoms with Crippen LogP contribution < -0.4 is 0 Å². The molecule has 0 saturated carbocycles. The number of amides is 2. The zero-order valence-corrected chi connectivity index (χ0v) is 12.8. The van der Waals surface area contributed by atoms with E-state index in [-0.39, 0.29) is 13.2 Å². The first kappa shape index (κ1) is 16.2. The van der Waals surface area contributed by atoms with Crippen LogP contribution in [0.15, 0.2) is 18.2 Å².